The molecule has 3 heteroatoms. The second-order valence-electron chi connectivity index (χ2n) is 6.69. The summed E-state index contributed by atoms with van der Waals surface area (Å²) in [4.78, 5) is 0. The largest absolute Gasteiger partial charge is 0.382 e. The topological polar surface area (TPSA) is 24.1 Å². The molecule has 2 aliphatic rings. The van der Waals surface area contributed by atoms with Gasteiger partial charge in [-0.15, -0.1) is 0 Å². The maximum atomic E-state index is 6.31. The first-order valence-corrected chi connectivity index (χ1v) is 9.01. The SMILES string of the molecule is Clc1cc(NC2CCCCC2)cc(NC2CCCCC2)c1. The molecule has 0 atom stereocenters. The Kier molecular flexibility index (Phi) is 5.29. The van der Waals surface area contributed by atoms with Crippen LogP contribution >= 0.6 is 11.6 Å². The molecule has 2 aliphatic carbocycles. The van der Waals surface area contributed by atoms with Crippen LogP contribution in [0.25, 0.3) is 0 Å². The Morgan fingerprint density at radius 3 is 1.52 bits per heavy atom. The number of nitrogens with one attached hydrogen (secondary N) is 2. The maximum Gasteiger partial charge on any atom is 0.0447 e. The van der Waals surface area contributed by atoms with E-state index >= 15 is 0 Å². The summed E-state index contributed by atoms with van der Waals surface area (Å²) in [5.41, 5.74) is 2.35. The lowest BCUT2D eigenvalue weighted by Gasteiger charge is -2.26. The van der Waals surface area contributed by atoms with E-state index in [0.717, 1.165) is 5.02 Å². The molecule has 0 aromatic heterocycles. The summed E-state index contributed by atoms with van der Waals surface area (Å²) in [5.74, 6) is 0. The van der Waals surface area contributed by atoms with Crippen LogP contribution in [0.15, 0.2) is 18.2 Å². The molecule has 1 aromatic carbocycles. The van der Waals surface area contributed by atoms with Gasteiger partial charge in [0.1, 0.15) is 0 Å². The second kappa shape index (κ2) is 7.40. The Morgan fingerprint density at radius 2 is 1.10 bits per heavy atom. The lowest BCUT2D eigenvalue weighted by Crippen LogP contribution is -2.23. The molecule has 116 valence electrons. The second-order valence-corrected chi connectivity index (χ2v) is 7.12. The van der Waals surface area contributed by atoms with Gasteiger partial charge in [0.05, 0.1) is 0 Å². The summed E-state index contributed by atoms with van der Waals surface area (Å²) in [6.07, 6.45) is 13.4. The third-order valence-corrected chi connectivity index (χ3v) is 5.07. The lowest BCUT2D eigenvalue weighted by molar-refractivity contribution is 0.462. The summed E-state index contributed by atoms with van der Waals surface area (Å²) >= 11 is 6.31. The van der Waals surface area contributed by atoms with E-state index in [1.165, 1.54) is 75.6 Å². The van der Waals surface area contributed by atoms with Gasteiger partial charge in [-0.25, -0.2) is 0 Å². The van der Waals surface area contributed by atoms with Gasteiger partial charge in [0.15, 0.2) is 0 Å². The lowest BCUT2D eigenvalue weighted by atomic mass is 9.95. The fourth-order valence-electron chi connectivity index (χ4n) is 3.72. The van der Waals surface area contributed by atoms with Crippen molar-refractivity contribution < 1.29 is 0 Å². The maximum absolute atomic E-state index is 6.31. The first-order chi connectivity index (χ1) is 10.3. The molecule has 2 N–H and O–H groups in total. The Morgan fingerprint density at radius 1 is 0.667 bits per heavy atom. The van der Waals surface area contributed by atoms with Crippen molar-refractivity contribution in [1.29, 1.82) is 0 Å². The number of hydrogen-bond acceptors (Lipinski definition) is 2. The molecule has 0 aliphatic heterocycles. The average Bonchev–Trinajstić information content (AvgIpc) is 2.48. The Labute approximate surface area is 133 Å². The van der Waals surface area contributed by atoms with Gasteiger partial charge in [-0.1, -0.05) is 50.1 Å². The summed E-state index contributed by atoms with van der Waals surface area (Å²) in [7, 11) is 0. The fraction of sp³-hybridized carbons (Fsp3) is 0.667. The highest BCUT2D eigenvalue weighted by molar-refractivity contribution is 6.31. The van der Waals surface area contributed by atoms with Crippen molar-refractivity contribution in [3.63, 3.8) is 0 Å². The number of benzene rings is 1. The van der Waals surface area contributed by atoms with Gasteiger partial charge in [0, 0.05) is 28.5 Å². The molecule has 2 fully saturated rings. The highest BCUT2D eigenvalue weighted by Crippen LogP contribution is 2.28. The molecule has 2 saturated carbocycles. The van der Waals surface area contributed by atoms with Crippen molar-refractivity contribution in [2.45, 2.75) is 76.3 Å². The standard InChI is InChI=1S/C18H27ClN2/c19-14-11-17(20-15-7-3-1-4-8-15)13-18(12-14)21-16-9-5-2-6-10-16/h11-13,15-16,20-21H,1-10H2. The van der Waals surface area contributed by atoms with Crippen LogP contribution in [0.5, 0.6) is 0 Å². The number of anilines is 2. The van der Waals surface area contributed by atoms with Crippen molar-refractivity contribution in [2.24, 2.45) is 0 Å². The van der Waals surface area contributed by atoms with Crippen molar-refractivity contribution in [2.75, 3.05) is 10.6 Å². The minimum absolute atomic E-state index is 0.625. The van der Waals surface area contributed by atoms with E-state index in [1.807, 2.05) is 0 Å². The van der Waals surface area contributed by atoms with Crippen LogP contribution in [0.1, 0.15) is 64.2 Å². The van der Waals surface area contributed by atoms with Gasteiger partial charge in [-0.2, -0.15) is 0 Å². The summed E-state index contributed by atoms with van der Waals surface area (Å²) < 4.78 is 0. The Bertz CT molecular complexity index is 410. The monoisotopic (exact) mass is 306 g/mol. The van der Waals surface area contributed by atoms with Crippen LogP contribution < -0.4 is 10.6 Å². The molecule has 0 heterocycles. The first kappa shape index (κ1) is 15.0. The van der Waals surface area contributed by atoms with Crippen LogP contribution in [0, 0.1) is 0 Å². The molecule has 3 rings (SSSR count). The predicted octanol–water partition coefficient (Wildman–Crippen LogP) is 5.83. The van der Waals surface area contributed by atoms with Gasteiger partial charge in [0.25, 0.3) is 0 Å². The molecule has 1 aromatic rings. The van der Waals surface area contributed by atoms with Crippen LogP contribution in [-0.4, -0.2) is 12.1 Å². The van der Waals surface area contributed by atoms with E-state index in [0.29, 0.717) is 12.1 Å². The van der Waals surface area contributed by atoms with Crippen molar-refractivity contribution in [3.8, 4) is 0 Å². The normalized spacial score (nSPS) is 21.2. The van der Waals surface area contributed by atoms with E-state index in [-0.39, 0.29) is 0 Å². The van der Waals surface area contributed by atoms with E-state index in [2.05, 4.69) is 28.8 Å². The third-order valence-electron chi connectivity index (χ3n) is 4.85. The van der Waals surface area contributed by atoms with Gasteiger partial charge < -0.3 is 10.6 Å². The molecule has 0 saturated heterocycles. The number of halogens is 1. The zero-order valence-corrected chi connectivity index (χ0v) is 13.6. The van der Waals surface area contributed by atoms with Gasteiger partial charge in [-0.3, -0.25) is 0 Å². The van der Waals surface area contributed by atoms with Gasteiger partial charge >= 0.3 is 0 Å². The van der Waals surface area contributed by atoms with Gasteiger partial charge in [-0.05, 0) is 43.9 Å². The number of hydrogen-bond donors (Lipinski definition) is 2. The molecular formula is C18H27ClN2. The molecule has 0 unspecified atom stereocenters. The fourth-order valence-corrected chi connectivity index (χ4v) is 3.96. The van der Waals surface area contributed by atoms with E-state index in [9.17, 15) is 0 Å². The molecule has 21 heavy (non-hydrogen) atoms. The molecular weight excluding hydrogens is 280 g/mol. The van der Waals surface area contributed by atoms with Crippen LogP contribution in [0.2, 0.25) is 5.02 Å². The smallest absolute Gasteiger partial charge is 0.0447 e. The molecule has 2 nitrogen and oxygen atoms in total. The van der Waals surface area contributed by atoms with E-state index in [4.69, 9.17) is 11.6 Å². The number of rotatable bonds is 4. The van der Waals surface area contributed by atoms with Crippen LogP contribution in [0.4, 0.5) is 11.4 Å². The summed E-state index contributed by atoms with van der Waals surface area (Å²) in [6.45, 7) is 0. The summed E-state index contributed by atoms with van der Waals surface area (Å²) in [5, 5.41) is 8.18. The quantitative estimate of drug-likeness (QED) is 0.731. The van der Waals surface area contributed by atoms with Crippen molar-refractivity contribution in [3.05, 3.63) is 23.2 Å². The summed E-state index contributed by atoms with van der Waals surface area (Å²) in [6, 6.07) is 7.60. The predicted molar refractivity (Wildman–Crippen MR) is 92.4 cm³/mol. The molecule has 0 spiro atoms. The zero-order chi connectivity index (χ0) is 14.5. The Balaban J connectivity index is 1.63. The minimum atomic E-state index is 0.625. The van der Waals surface area contributed by atoms with E-state index in [1.54, 1.807) is 0 Å². The molecule has 0 bridgehead atoms. The molecule has 0 radical (unpaired) electrons. The third kappa shape index (κ3) is 4.54. The van der Waals surface area contributed by atoms with Crippen LogP contribution in [-0.2, 0) is 0 Å². The highest BCUT2D eigenvalue weighted by Gasteiger charge is 2.15. The van der Waals surface area contributed by atoms with E-state index < -0.39 is 0 Å². The van der Waals surface area contributed by atoms with Crippen molar-refractivity contribution >= 4 is 23.0 Å². The average molecular weight is 307 g/mol. The Hall–Kier alpha value is -0.890. The highest BCUT2D eigenvalue weighted by atomic mass is 35.5. The molecule has 0 amide bonds. The van der Waals surface area contributed by atoms with Gasteiger partial charge in [0.2, 0.25) is 0 Å². The zero-order valence-electron chi connectivity index (χ0n) is 12.8. The van der Waals surface area contributed by atoms with Crippen LogP contribution in [0.3, 0.4) is 0 Å². The van der Waals surface area contributed by atoms with Crippen molar-refractivity contribution in [1.82, 2.24) is 0 Å². The minimum Gasteiger partial charge on any atom is -0.382 e. The first-order valence-electron chi connectivity index (χ1n) is 8.63.